The van der Waals surface area contributed by atoms with Gasteiger partial charge in [0.2, 0.25) is 11.6 Å². The highest BCUT2D eigenvalue weighted by Gasteiger charge is 2.23. The molecular formula is C13H17N5O2. The second-order valence-electron chi connectivity index (χ2n) is 4.47. The minimum atomic E-state index is -0.482. The van der Waals surface area contributed by atoms with Crippen molar-refractivity contribution in [2.24, 2.45) is 12.8 Å². The van der Waals surface area contributed by atoms with Crippen LogP contribution in [0.2, 0.25) is 0 Å². The molecule has 0 amide bonds. The summed E-state index contributed by atoms with van der Waals surface area (Å²) in [5, 5.41) is 14.1. The molecule has 0 aliphatic heterocycles. The van der Waals surface area contributed by atoms with Crippen molar-refractivity contribution < 1.29 is 4.92 Å². The topological polar surface area (TPSA) is 99.0 Å². The molecule has 1 heterocycles. The average molecular weight is 275 g/mol. The molecule has 2 rings (SSSR count). The first-order valence-electron chi connectivity index (χ1n) is 6.23. The molecule has 0 unspecified atom stereocenters. The molecule has 7 nitrogen and oxygen atoms in total. The summed E-state index contributed by atoms with van der Waals surface area (Å²) < 4.78 is 1.67. The number of nitro groups is 1. The molecule has 0 saturated heterocycles. The molecule has 0 radical (unpaired) electrons. The summed E-state index contributed by atoms with van der Waals surface area (Å²) in [6.45, 7) is 2.63. The van der Waals surface area contributed by atoms with Gasteiger partial charge in [0.25, 0.3) is 0 Å². The summed E-state index contributed by atoms with van der Waals surface area (Å²) in [5.74, 6) is 0.834. The Balaban J connectivity index is 2.25. The molecule has 0 bridgehead atoms. The smallest absolute Gasteiger partial charge is 0.360 e. The van der Waals surface area contributed by atoms with Crippen LogP contribution in [0.1, 0.15) is 17.0 Å². The van der Waals surface area contributed by atoms with Crippen molar-refractivity contribution in [2.75, 3.05) is 5.32 Å². The van der Waals surface area contributed by atoms with Crippen LogP contribution in [0, 0.1) is 17.0 Å². The number of rotatable bonds is 5. The van der Waals surface area contributed by atoms with Gasteiger partial charge < -0.3 is 21.2 Å². The normalized spacial score (nSPS) is 10.6. The number of imidazole rings is 1. The largest absolute Gasteiger partial charge is 0.406 e. The summed E-state index contributed by atoms with van der Waals surface area (Å²) >= 11 is 0. The molecule has 7 heteroatoms. The molecule has 0 atom stereocenters. The number of nitrogens with one attached hydrogen (secondary N) is 1. The van der Waals surface area contributed by atoms with Gasteiger partial charge in [-0.05, 0) is 21.0 Å². The highest BCUT2D eigenvalue weighted by atomic mass is 16.6. The van der Waals surface area contributed by atoms with Gasteiger partial charge in [0, 0.05) is 27.1 Å². The predicted octanol–water partition coefficient (Wildman–Crippen LogP) is 1.71. The van der Waals surface area contributed by atoms with Gasteiger partial charge in [-0.2, -0.15) is 0 Å². The lowest BCUT2D eigenvalue weighted by molar-refractivity contribution is -0.388. The molecule has 0 aliphatic rings. The van der Waals surface area contributed by atoms with E-state index in [0.717, 1.165) is 11.1 Å². The number of aromatic nitrogens is 2. The molecule has 20 heavy (non-hydrogen) atoms. The van der Waals surface area contributed by atoms with E-state index in [1.54, 1.807) is 18.5 Å². The van der Waals surface area contributed by atoms with E-state index in [2.05, 4.69) is 10.3 Å². The Morgan fingerprint density at radius 3 is 2.65 bits per heavy atom. The van der Waals surface area contributed by atoms with Gasteiger partial charge in [-0.25, -0.2) is 0 Å². The van der Waals surface area contributed by atoms with Crippen molar-refractivity contribution in [1.82, 2.24) is 9.55 Å². The van der Waals surface area contributed by atoms with Gasteiger partial charge in [0.05, 0.1) is 0 Å². The standard InChI is InChI=1S/C13H17N5O2/c1-9-16-13(18(19)20)12(17(9)2)15-8-11-6-4-3-5-10(11)7-14/h3-6,15H,7-8,14H2,1-2H3. The lowest BCUT2D eigenvalue weighted by Crippen LogP contribution is -2.09. The van der Waals surface area contributed by atoms with E-state index in [9.17, 15) is 10.1 Å². The fourth-order valence-electron chi connectivity index (χ4n) is 2.03. The number of hydrogen-bond donors (Lipinski definition) is 2. The number of anilines is 1. The fraction of sp³-hybridized carbons (Fsp3) is 0.308. The van der Waals surface area contributed by atoms with Crippen molar-refractivity contribution in [3.63, 3.8) is 0 Å². The summed E-state index contributed by atoms with van der Waals surface area (Å²) in [7, 11) is 1.74. The Kier molecular flexibility index (Phi) is 3.99. The number of benzene rings is 1. The van der Waals surface area contributed by atoms with Gasteiger partial charge in [-0.15, -0.1) is 0 Å². The van der Waals surface area contributed by atoms with E-state index in [1.807, 2.05) is 24.3 Å². The molecular weight excluding hydrogens is 258 g/mol. The monoisotopic (exact) mass is 275 g/mol. The van der Waals surface area contributed by atoms with E-state index in [-0.39, 0.29) is 5.82 Å². The lowest BCUT2D eigenvalue weighted by atomic mass is 10.1. The van der Waals surface area contributed by atoms with Crippen molar-refractivity contribution in [3.8, 4) is 0 Å². The quantitative estimate of drug-likeness (QED) is 0.639. The van der Waals surface area contributed by atoms with Crippen molar-refractivity contribution >= 4 is 11.6 Å². The molecule has 0 fully saturated rings. The van der Waals surface area contributed by atoms with Crippen molar-refractivity contribution in [1.29, 1.82) is 0 Å². The molecule has 106 valence electrons. The maximum atomic E-state index is 11.0. The zero-order valence-electron chi connectivity index (χ0n) is 11.5. The highest BCUT2D eigenvalue weighted by Crippen LogP contribution is 2.24. The molecule has 1 aromatic carbocycles. The van der Waals surface area contributed by atoms with E-state index in [1.165, 1.54) is 0 Å². The first-order chi connectivity index (χ1) is 9.54. The van der Waals surface area contributed by atoms with Crippen LogP contribution < -0.4 is 11.1 Å². The Bertz CT molecular complexity index is 636. The SMILES string of the molecule is Cc1nc([N+](=O)[O-])c(NCc2ccccc2CN)n1C. The molecule has 0 aliphatic carbocycles. The first kappa shape index (κ1) is 14.0. The van der Waals surface area contributed by atoms with Crippen LogP contribution in [0.4, 0.5) is 11.6 Å². The Morgan fingerprint density at radius 2 is 2.05 bits per heavy atom. The number of nitrogens with two attached hydrogens (primary N) is 1. The zero-order valence-corrected chi connectivity index (χ0v) is 11.5. The second-order valence-corrected chi connectivity index (χ2v) is 4.47. The molecule has 0 saturated carbocycles. The summed E-state index contributed by atoms with van der Waals surface area (Å²) in [6, 6.07) is 7.73. The van der Waals surface area contributed by atoms with Crippen LogP contribution in [-0.2, 0) is 20.1 Å². The van der Waals surface area contributed by atoms with E-state index >= 15 is 0 Å². The lowest BCUT2D eigenvalue weighted by Gasteiger charge is -2.10. The summed E-state index contributed by atoms with van der Waals surface area (Å²) in [4.78, 5) is 14.5. The molecule has 2 aromatic rings. The zero-order chi connectivity index (χ0) is 14.7. The number of hydrogen-bond acceptors (Lipinski definition) is 5. The summed E-state index contributed by atoms with van der Waals surface area (Å²) in [6.07, 6.45) is 0. The minimum Gasteiger partial charge on any atom is -0.360 e. The van der Waals surface area contributed by atoms with Gasteiger partial charge in [-0.3, -0.25) is 4.57 Å². The van der Waals surface area contributed by atoms with Crippen LogP contribution >= 0.6 is 0 Å². The van der Waals surface area contributed by atoms with Crippen LogP contribution in [0.25, 0.3) is 0 Å². The number of nitrogens with zero attached hydrogens (tertiary/aromatic N) is 3. The van der Waals surface area contributed by atoms with Crippen LogP contribution in [0.15, 0.2) is 24.3 Å². The Labute approximate surface area is 116 Å². The highest BCUT2D eigenvalue weighted by molar-refractivity contribution is 5.54. The van der Waals surface area contributed by atoms with E-state index < -0.39 is 4.92 Å². The Hall–Kier alpha value is -2.41. The molecule has 1 aromatic heterocycles. The van der Waals surface area contributed by atoms with Gasteiger partial charge in [0.15, 0.2) is 0 Å². The maximum absolute atomic E-state index is 11.0. The fourth-order valence-corrected chi connectivity index (χ4v) is 2.03. The predicted molar refractivity (Wildman–Crippen MR) is 76.3 cm³/mol. The van der Waals surface area contributed by atoms with Crippen molar-refractivity contribution in [2.45, 2.75) is 20.0 Å². The Morgan fingerprint density at radius 1 is 1.40 bits per heavy atom. The van der Waals surface area contributed by atoms with Crippen LogP contribution in [0.3, 0.4) is 0 Å². The number of aryl methyl sites for hydroxylation is 1. The second kappa shape index (κ2) is 5.70. The molecule has 0 spiro atoms. The molecule has 3 N–H and O–H groups in total. The van der Waals surface area contributed by atoms with Gasteiger partial charge >= 0.3 is 5.82 Å². The van der Waals surface area contributed by atoms with Gasteiger partial charge in [-0.1, -0.05) is 24.3 Å². The third-order valence-corrected chi connectivity index (χ3v) is 3.26. The van der Waals surface area contributed by atoms with Gasteiger partial charge in [0.1, 0.15) is 0 Å². The van der Waals surface area contributed by atoms with Crippen LogP contribution in [-0.4, -0.2) is 14.5 Å². The maximum Gasteiger partial charge on any atom is 0.406 e. The third-order valence-electron chi connectivity index (χ3n) is 3.26. The summed E-state index contributed by atoms with van der Waals surface area (Å²) in [5.41, 5.74) is 7.71. The first-order valence-corrected chi connectivity index (χ1v) is 6.23. The van der Waals surface area contributed by atoms with Crippen LogP contribution in [0.5, 0.6) is 0 Å². The third kappa shape index (κ3) is 2.62. The van der Waals surface area contributed by atoms with E-state index in [4.69, 9.17) is 5.73 Å². The average Bonchev–Trinajstić information content (AvgIpc) is 2.73. The van der Waals surface area contributed by atoms with E-state index in [0.29, 0.717) is 24.7 Å². The minimum absolute atomic E-state index is 0.157. The van der Waals surface area contributed by atoms with Crippen molar-refractivity contribution in [3.05, 3.63) is 51.3 Å².